The molecule has 16 heteroatoms. The van der Waals surface area contributed by atoms with Crippen LogP contribution in [0.25, 0.3) is 10.9 Å². The zero-order valence-corrected chi connectivity index (χ0v) is 23.0. The summed E-state index contributed by atoms with van der Waals surface area (Å²) in [4.78, 5) is 32.6. The standard InChI is InChI=1S/C25H25ClF3N5O2.C2HF3O2/c26-16-7-5-15(6-8-16)23(36)33-11-9-17(10-12-33)30-20-13-34(14-21(20)35)22-18-3-1-2-4-19(18)31-24(32-22)25(27,28)29;3-2(4,5)1(6)7/h1-8,17,20-21,30,35H,9-14H2;(H,6,7)/t20?,21-;/m1./s1. The Kier molecular flexibility index (Phi) is 9.66. The number of anilines is 1. The number of piperidine rings is 1. The van der Waals surface area contributed by atoms with Crippen molar-refractivity contribution in [2.24, 2.45) is 0 Å². The molecule has 43 heavy (non-hydrogen) atoms. The van der Waals surface area contributed by atoms with Gasteiger partial charge in [0.15, 0.2) is 0 Å². The normalized spacial score (nSPS) is 19.7. The van der Waals surface area contributed by atoms with Gasteiger partial charge in [0.1, 0.15) is 5.82 Å². The van der Waals surface area contributed by atoms with Crippen molar-refractivity contribution in [1.82, 2.24) is 20.2 Å². The first-order valence-electron chi connectivity index (χ1n) is 13.0. The number of hydrogen-bond donors (Lipinski definition) is 3. The summed E-state index contributed by atoms with van der Waals surface area (Å²) in [6, 6.07) is 13.1. The number of para-hydroxylation sites is 1. The number of nitrogens with one attached hydrogen (secondary N) is 1. The van der Waals surface area contributed by atoms with E-state index in [4.69, 9.17) is 21.5 Å². The van der Waals surface area contributed by atoms with Gasteiger partial charge in [-0.1, -0.05) is 23.7 Å². The summed E-state index contributed by atoms with van der Waals surface area (Å²) < 4.78 is 72.0. The monoisotopic (exact) mass is 633 g/mol. The number of carbonyl (C=O) groups excluding carboxylic acids is 1. The van der Waals surface area contributed by atoms with E-state index in [2.05, 4.69) is 15.3 Å². The summed E-state index contributed by atoms with van der Waals surface area (Å²) >= 11 is 5.91. The Morgan fingerprint density at radius 1 is 0.930 bits per heavy atom. The predicted octanol–water partition coefficient (Wildman–Crippen LogP) is 4.38. The van der Waals surface area contributed by atoms with Gasteiger partial charge < -0.3 is 25.3 Å². The number of aliphatic hydroxyl groups excluding tert-OH is 1. The zero-order valence-electron chi connectivity index (χ0n) is 22.2. The van der Waals surface area contributed by atoms with Gasteiger partial charge in [0.25, 0.3) is 5.91 Å². The van der Waals surface area contributed by atoms with Gasteiger partial charge in [-0.15, -0.1) is 0 Å². The number of nitrogens with zero attached hydrogens (tertiary/aromatic N) is 4. The number of amides is 1. The van der Waals surface area contributed by atoms with E-state index in [1.165, 1.54) is 6.07 Å². The van der Waals surface area contributed by atoms with Crippen LogP contribution in [0.5, 0.6) is 0 Å². The topological polar surface area (TPSA) is 119 Å². The highest BCUT2D eigenvalue weighted by Crippen LogP contribution is 2.33. The number of carboxylic acids is 1. The lowest BCUT2D eigenvalue weighted by Crippen LogP contribution is -2.50. The van der Waals surface area contributed by atoms with Gasteiger partial charge in [0.05, 0.1) is 17.7 Å². The number of hydrogen-bond acceptors (Lipinski definition) is 7. The minimum atomic E-state index is -5.08. The fourth-order valence-electron chi connectivity index (χ4n) is 4.88. The molecule has 2 fully saturated rings. The van der Waals surface area contributed by atoms with Crippen molar-refractivity contribution in [3.63, 3.8) is 0 Å². The van der Waals surface area contributed by atoms with Crippen LogP contribution in [0.2, 0.25) is 5.02 Å². The number of aromatic nitrogens is 2. The molecule has 9 nitrogen and oxygen atoms in total. The number of benzene rings is 2. The third kappa shape index (κ3) is 8.03. The summed E-state index contributed by atoms with van der Waals surface area (Å²) in [7, 11) is 0. The molecule has 1 unspecified atom stereocenters. The Hall–Kier alpha value is -3.69. The van der Waals surface area contributed by atoms with Crippen molar-refractivity contribution >= 4 is 40.2 Å². The molecule has 3 N–H and O–H groups in total. The molecule has 2 aliphatic rings. The number of likely N-dealkylation sites (tertiary alicyclic amines) is 1. The van der Waals surface area contributed by atoms with Crippen LogP contribution in [0, 0.1) is 0 Å². The van der Waals surface area contributed by atoms with Crippen LogP contribution in [-0.2, 0) is 11.0 Å². The summed E-state index contributed by atoms with van der Waals surface area (Å²) in [5.41, 5.74) is 0.793. The molecule has 1 aromatic heterocycles. The maximum atomic E-state index is 13.4. The van der Waals surface area contributed by atoms with Gasteiger partial charge in [0.2, 0.25) is 5.82 Å². The van der Waals surface area contributed by atoms with Crippen LogP contribution in [0.3, 0.4) is 0 Å². The minimum absolute atomic E-state index is 0.0479. The van der Waals surface area contributed by atoms with Gasteiger partial charge in [-0.2, -0.15) is 26.3 Å². The predicted molar refractivity (Wildman–Crippen MR) is 144 cm³/mol. The molecule has 0 radical (unpaired) electrons. The second kappa shape index (κ2) is 12.9. The van der Waals surface area contributed by atoms with E-state index >= 15 is 0 Å². The Labute approximate surface area is 246 Å². The molecule has 0 saturated carbocycles. The van der Waals surface area contributed by atoms with Gasteiger partial charge in [-0.05, 0) is 49.2 Å². The highest BCUT2D eigenvalue weighted by Gasteiger charge is 2.39. The van der Waals surface area contributed by atoms with E-state index in [1.54, 1.807) is 52.3 Å². The van der Waals surface area contributed by atoms with Gasteiger partial charge in [-0.25, -0.2) is 14.8 Å². The van der Waals surface area contributed by atoms with Crippen molar-refractivity contribution in [2.45, 2.75) is 43.4 Å². The van der Waals surface area contributed by atoms with E-state index in [1.807, 2.05) is 0 Å². The molecular formula is C27H26ClF6N5O4. The van der Waals surface area contributed by atoms with Gasteiger partial charge in [-0.3, -0.25) is 4.79 Å². The number of aliphatic hydroxyl groups is 1. The first kappa shape index (κ1) is 32.2. The lowest BCUT2D eigenvalue weighted by Gasteiger charge is -2.34. The number of halogens is 7. The molecule has 3 aromatic rings. The highest BCUT2D eigenvalue weighted by molar-refractivity contribution is 6.30. The number of aliphatic carboxylic acids is 1. The number of rotatable bonds is 4. The second-order valence-electron chi connectivity index (χ2n) is 10.0. The molecule has 2 aromatic carbocycles. The van der Waals surface area contributed by atoms with Crippen LogP contribution in [0.4, 0.5) is 32.2 Å². The number of β-amino-alcohol motifs (C(OH)–C–C–N with tert-alkyl or cyclic N) is 1. The molecule has 1 amide bonds. The van der Waals surface area contributed by atoms with Gasteiger partial charge >= 0.3 is 18.3 Å². The van der Waals surface area contributed by atoms with Crippen molar-refractivity contribution in [2.75, 3.05) is 31.1 Å². The SMILES string of the molecule is O=C(O)C(F)(F)F.O=C(c1ccc(Cl)cc1)N1CCC(NC2CN(c3nc(C(F)(F)F)nc4ccccc34)C[C@H]2O)CC1. The summed E-state index contributed by atoms with van der Waals surface area (Å²) in [5, 5.41) is 22.4. The average Bonchev–Trinajstić information content (AvgIpc) is 3.31. The lowest BCUT2D eigenvalue weighted by atomic mass is 10.0. The fraction of sp³-hybridized carbons (Fsp3) is 0.407. The molecule has 2 saturated heterocycles. The van der Waals surface area contributed by atoms with E-state index < -0.39 is 30.3 Å². The molecule has 3 heterocycles. The van der Waals surface area contributed by atoms with Crippen LogP contribution < -0.4 is 10.2 Å². The van der Waals surface area contributed by atoms with Crippen molar-refractivity contribution in [3.8, 4) is 0 Å². The largest absolute Gasteiger partial charge is 0.490 e. The number of carbonyl (C=O) groups is 2. The summed E-state index contributed by atoms with van der Waals surface area (Å²) in [6.07, 6.45) is -9.12. The van der Waals surface area contributed by atoms with Gasteiger partial charge in [0, 0.05) is 48.2 Å². The Morgan fingerprint density at radius 2 is 1.53 bits per heavy atom. The molecule has 232 valence electrons. The third-order valence-corrected chi connectivity index (χ3v) is 7.24. The highest BCUT2D eigenvalue weighted by atomic mass is 35.5. The van der Waals surface area contributed by atoms with Crippen molar-refractivity contribution in [3.05, 3.63) is 64.9 Å². The average molecular weight is 634 g/mol. The van der Waals surface area contributed by atoms with E-state index in [9.17, 15) is 36.2 Å². The summed E-state index contributed by atoms with van der Waals surface area (Å²) in [6.45, 7) is 1.60. The first-order valence-corrected chi connectivity index (χ1v) is 13.4. The van der Waals surface area contributed by atoms with Crippen molar-refractivity contribution < 1.29 is 46.1 Å². The molecule has 0 bridgehead atoms. The smallest absolute Gasteiger partial charge is 0.475 e. The third-order valence-electron chi connectivity index (χ3n) is 6.99. The number of alkyl halides is 6. The van der Waals surface area contributed by atoms with Crippen LogP contribution in [0.15, 0.2) is 48.5 Å². The lowest BCUT2D eigenvalue weighted by molar-refractivity contribution is -0.192. The van der Waals surface area contributed by atoms with E-state index in [0.29, 0.717) is 48.4 Å². The zero-order chi connectivity index (χ0) is 31.5. The molecular weight excluding hydrogens is 608 g/mol. The molecule has 0 aliphatic carbocycles. The Bertz CT molecular complexity index is 1450. The second-order valence-corrected chi connectivity index (χ2v) is 10.4. The van der Waals surface area contributed by atoms with Crippen LogP contribution in [-0.4, -0.2) is 87.5 Å². The van der Waals surface area contributed by atoms with Crippen molar-refractivity contribution in [1.29, 1.82) is 0 Å². The molecule has 0 spiro atoms. The fourth-order valence-corrected chi connectivity index (χ4v) is 5.00. The number of carboxylic acid groups (broad SMARTS) is 1. The quantitative estimate of drug-likeness (QED) is 0.363. The van der Waals surface area contributed by atoms with E-state index in [0.717, 1.165) is 0 Å². The minimum Gasteiger partial charge on any atom is -0.475 e. The maximum Gasteiger partial charge on any atom is 0.490 e. The Balaban J connectivity index is 0.000000541. The van der Waals surface area contributed by atoms with E-state index in [-0.39, 0.29) is 35.9 Å². The van der Waals surface area contributed by atoms with Crippen LogP contribution >= 0.6 is 11.6 Å². The molecule has 2 aliphatic heterocycles. The first-order chi connectivity index (χ1) is 20.1. The maximum absolute atomic E-state index is 13.4. The number of fused-ring (bicyclic) bond motifs is 1. The Morgan fingerprint density at radius 3 is 2.12 bits per heavy atom. The summed E-state index contributed by atoms with van der Waals surface area (Å²) in [5.74, 6) is -3.83. The molecule has 5 rings (SSSR count). The van der Waals surface area contributed by atoms with Crippen LogP contribution in [0.1, 0.15) is 29.0 Å². The molecule has 2 atom stereocenters.